The number of allylic oxidation sites excluding steroid dienone is 1. The van der Waals surface area contributed by atoms with Crippen molar-refractivity contribution in [3.05, 3.63) is 352 Å². The van der Waals surface area contributed by atoms with Gasteiger partial charge in [-0.25, -0.2) is 0 Å². The van der Waals surface area contributed by atoms with E-state index in [1.54, 1.807) is 45.0 Å². The summed E-state index contributed by atoms with van der Waals surface area (Å²) in [6.45, 7) is 43.3. The molecule has 0 saturated carbocycles. The monoisotopic (exact) mass is 1900 g/mol. The summed E-state index contributed by atoms with van der Waals surface area (Å²) in [6, 6.07) is 66.6. The molecule has 0 bridgehead atoms. The Hall–Kier alpha value is -10.5. The molecule has 1 fully saturated rings. The van der Waals surface area contributed by atoms with E-state index < -0.39 is 54.5 Å². The van der Waals surface area contributed by atoms with Crippen LogP contribution in [-0.2, 0) is 89.1 Å². The van der Waals surface area contributed by atoms with Crippen molar-refractivity contribution in [2.24, 2.45) is 10.8 Å². The molecule has 4 unspecified atom stereocenters. The van der Waals surface area contributed by atoms with Crippen molar-refractivity contribution >= 4 is 35.9 Å². The maximum Gasteiger partial charge on any atom is 0.373 e. The zero-order chi connectivity index (χ0) is 98.4. The average molecular weight is 1910 g/mol. The van der Waals surface area contributed by atoms with Crippen LogP contribution in [0.25, 0.3) is 0 Å². The first-order chi connectivity index (χ1) is 62.9. The minimum absolute atomic E-state index is 0.122. The number of rotatable bonds is 34. The van der Waals surface area contributed by atoms with Crippen molar-refractivity contribution < 1.29 is 99.8 Å². The van der Waals surface area contributed by atoms with Gasteiger partial charge in [-0.2, -0.15) is 0 Å². The largest absolute Gasteiger partial charge is 0.508 e. The molecule has 25 heteroatoms. The van der Waals surface area contributed by atoms with Crippen LogP contribution in [0, 0.1) is 73.1 Å². The van der Waals surface area contributed by atoms with Crippen molar-refractivity contribution in [3.63, 3.8) is 0 Å². The summed E-state index contributed by atoms with van der Waals surface area (Å²) in [5, 5.41) is 40.9. The second-order valence-electron chi connectivity index (χ2n) is 37.7. The average Bonchev–Trinajstić information content (AvgIpc) is 0.807. The number of phenols is 4. The minimum Gasteiger partial charge on any atom is -0.508 e. The van der Waals surface area contributed by atoms with Crippen molar-refractivity contribution in [2.75, 3.05) is 58.9 Å². The van der Waals surface area contributed by atoms with Crippen LogP contribution in [0.2, 0.25) is 0 Å². The molecular weight excluding hydrogens is 1770 g/mol. The molecule has 134 heavy (non-hydrogen) atoms. The zero-order valence-corrected chi connectivity index (χ0v) is 85.1. The van der Waals surface area contributed by atoms with E-state index >= 15 is 0 Å². The second-order valence-corrected chi connectivity index (χ2v) is 46.4. The number of esters is 1. The third-order valence-corrected chi connectivity index (χ3v) is 27.1. The van der Waals surface area contributed by atoms with E-state index in [2.05, 4.69) is 84.5 Å². The highest BCUT2D eigenvalue weighted by Crippen LogP contribution is 2.56. The molecule has 1 aliphatic heterocycles. The van der Waals surface area contributed by atoms with Crippen LogP contribution in [0.15, 0.2) is 219 Å². The van der Waals surface area contributed by atoms with Crippen LogP contribution in [0.5, 0.6) is 46.0 Å². The van der Waals surface area contributed by atoms with E-state index in [0.29, 0.717) is 78.3 Å². The summed E-state index contributed by atoms with van der Waals surface area (Å²) >= 11 is 0. The van der Waals surface area contributed by atoms with E-state index in [1.165, 1.54) is 30.0 Å². The molecule has 718 valence electrons. The third kappa shape index (κ3) is 33.5. The SMILES string of the molecule is C=C(OCOP(=O)(COc1cc(C)c(Cc2ccc(O)c(Cc3ccccc3)c2)c(C)c1)OCOC(=O)C(C)(C)C)C(C)(C)C.Cc1cc(OCP(C)(=O)O)cc(C)c1Cc1ccc(O)c(C(C)C)c1.Cc1cc(OCP(C)(=O)O)cc(C)c1Cc1ccc(O)c(Cc2ccccc2)c1.Cc1cccc([C@@H]2CCOP(=O)(COc3cc(C)c(Cc4ccc(O)c(C(C)C)c4)c(C)c3)O2)c1. The number of carbonyl (C=O) groups is 1. The van der Waals surface area contributed by atoms with Gasteiger partial charge in [-0.15, -0.1) is 0 Å². The normalized spacial score (nSPS) is 15.1. The van der Waals surface area contributed by atoms with Gasteiger partial charge in [-0.3, -0.25) is 36.6 Å². The predicted molar refractivity (Wildman–Crippen MR) is 535 cm³/mol. The molecule has 1 aliphatic rings. The van der Waals surface area contributed by atoms with Crippen LogP contribution < -0.4 is 18.9 Å². The van der Waals surface area contributed by atoms with E-state index in [1.807, 2.05) is 215 Å². The molecule has 11 aromatic carbocycles. The van der Waals surface area contributed by atoms with E-state index in [9.17, 15) is 53.3 Å². The summed E-state index contributed by atoms with van der Waals surface area (Å²) in [5.74, 6) is 4.09. The fourth-order valence-electron chi connectivity index (χ4n) is 15.2. The molecular formula is C109H136O21P4. The van der Waals surface area contributed by atoms with Crippen molar-refractivity contribution in [1.82, 2.24) is 0 Å². The number of hydrogen-bond acceptors (Lipinski definition) is 19. The molecule has 11 aromatic rings. The van der Waals surface area contributed by atoms with Gasteiger partial charge in [0, 0.05) is 38.0 Å². The van der Waals surface area contributed by atoms with Crippen LogP contribution in [-0.4, -0.2) is 95.1 Å². The quantitative estimate of drug-likeness (QED) is 0.00945. The molecule has 1 saturated heterocycles. The lowest BCUT2D eigenvalue weighted by molar-refractivity contribution is -0.160. The second kappa shape index (κ2) is 47.8. The Morgan fingerprint density at radius 2 is 0.776 bits per heavy atom. The summed E-state index contributed by atoms with van der Waals surface area (Å²) in [6.07, 6.45) is 3.75. The molecule has 1 heterocycles. The lowest BCUT2D eigenvalue weighted by atomic mass is 9.93. The lowest BCUT2D eigenvalue weighted by Crippen LogP contribution is -2.24. The van der Waals surface area contributed by atoms with Crippen LogP contribution in [0.1, 0.15) is 227 Å². The Labute approximate surface area is 793 Å². The Kier molecular flexibility index (Phi) is 38.2. The van der Waals surface area contributed by atoms with Crippen LogP contribution in [0.4, 0.5) is 0 Å². The fraction of sp³-hybridized carbons (Fsp3) is 0.367. The number of ether oxygens (including phenoxy) is 6. The van der Waals surface area contributed by atoms with Crippen LogP contribution in [0.3, 0.4) is 0 Å². The molecule has 21 nitrogen and oxygen atoms in total. The molecule has 0 radical (unpaired) electrons. The number of aryl methyl sites for hydroxylation is 9. The van der Waals surface area contributed by atoms with Crippen molar-refractivity contribution in [2.45, 2.75) is 194 Å². The maximum absolute atomic E-state index is 13.6. The first-order valence-corrected chi connectivity index (χ1v) is 53.1. The zero-order valence-electron chi connectivity index (χ0n) is 81.6. The molecule has 5 atom stereocenters. The lowest BCUT2D eigenvalue weighted by Gasteiger charge is -2.30. The Balaban J connectivity index is 0.000000205. The molecule has 0 aromatic heterocycles. The number of hydrogen-bond donors (Lipinski definition) is 6. The summed E-state index contributed by atoms with van der Waals surface area (Å²) in [5.41, 5.74) is 24.8. The van der Waals surface area contributed by atoms with Gasteiger partial charge in [-0.05, 0) is 321 Å². The minimum atomic E-state index is -3.93. The number of phenolic OH excluding ortho intramolecular Hbond substituents is 4. The Morgan fingerprint density at radius 1 is 0.425 bits per heavy atom. The first-order valence-electron chi connectivity index (χ1n) is 45.1. The molecule has 0 aliphatic carbocycles. The first kappa shape index (κ1) is 107. The number of carbonyl (C=O) groups excluding carboxylic acids is 1. The van der Waals surface area contributed by atoms with Gasteiger partial charge in [0.15, 0.2) is 32.2 Å². The maximum atomic E-state index is 13.6. The van der Waals surface area contributed by atoms with Gasteiger partial charge in [0.05, 0.1) is 23.9 Å². The predicted octanol–water partition coefficient (Wildman–Crippen LogP) is 27.0. The van der Waals surface area contributed by atoms with Gasteiger partial charge >= 0.3 is 21.2 Å². The fourth-order valence-corrected chi connectivity index (χ4v) is 18.4. The highest BCUT2D eigenvalue weighted by molar-refractivity contribution is 7.57. The molecule has 12 rings (SSSR count). The molecule has 0 amide bonds. The summed E-state index contributed by atoms with van der Waals surface area (Å²) < 4.78 is 106. The topological polar surface area (TPSA) is 299 Å². The van der Waals surface area contributed by atoms with E-state index in [0.717, 1.165) is 136 Å². The standard InChI is InChI=1S/C36H47O8P.C29H35O5P.C24H27O4P.C20H27O4P/c1-25-17-31(18-26(2)32(25)21-29-15-16-33(37)30(20-29)19-28-13-11-10-12-14-28)42-24-45(39,43-22-40-27(3)35(4,5)6)44-23-41-34(38)36(7,8)9;1-19(2)26-16-23(9-10-28(26)30)17-27-21(4)14-25(15-22(27)5)32-18-35(31)33-12-11-29(34-35)24-8-6-7-20(3)13-24;1-17-11-22(28-16-29(3,26)27)12-18(2)23(17)15-20-9-10-24(25)21(14-20)13-19-7-5-4-6-8-19;1-13(2)18-10-16(6-7-20(18)21)11-19-14(3)8-17(9-15(19)4)24-12-25(5,22)23/h10-18,20,37H,3,19,21-24H2,1-2,4-9H3;6-10,13-16,19,29-30H,11-12,17-18H2,1-5H3;4-12,14,25H,13,15-16H2,1-3H3,(H,26,27);6-10,13,21H,11-12H2,1-5H3,(H,22,23)/t;29-,35?;;/m.0../s1. The Morgan fingerprint density at radius 3 is 1.13 bits per heavy atom. The van der Waals surface area contributed by atoms with Crippen molar-refractivity contribution in [3.8, 4) is 46.0 Å². The van der Waals surface area contributed by atoms with E-state index in [4.69, 9.17) is 46.5 Å². The van der Waals surface area contributed by atoms with E-state index in [-0.39, 0.29) is 54.9 Å². The van der Waals surface area contributed by atoms with Gasteiger partial charge in [-0.1, -0.05) is 194 Å². The molecule has 6 N–H and O–H groups in total. The smallest absolute Gasteiger partial charge is 0.373 e. The molecule has 0 spiro atoms. The highest BCUT2D eigenvalue weighted by atomic mass is 31.2. The van der Waals surface area contributed by atoms with Gasteiger partial charge in [0.1, 0.15) is 46.0 Å². The van der Waals surface area contributed by atoms with Gasteiger partial charge in [0.2, 0.25) is 21.5 Å². The third-order valence-electron chi connectivity index (χ3n) is 22.9. The number of benzene rings is 11. The highest BCUT2D eigenvalue weighted by Gasteiger charge is 2.36. The van der Waals surface area contributed by atoms with Gasteiger partial charge in [0.25, 0.3) is 0 Å². The van der Waals surface area contributed by atoms with Gasteiger partial charge < -0.3 is 63.2 Å². The van der Waals surface area contributed by atoms with Crippen molar-refractivity contribution in [1.29, 1.82) is 0 Å². The summed E-state index contributed by atoms with van der Waals surface area (Å²) in [4.78, 5) is 31.0. The Bertz CT molecular complexity index is 5930. The number of aromatic hydroxyl groups is 4. The van der Waals surface area contributed by atoms with Crippen LogP contribution >= 0.6 is 29.9 Å². The summed E-state index contributed by atoms with van der Waals surface area (Å²) in [7, 11) is -13.7.